The maximum atomic E-state index is 10.2. The number of nitrogens with two attached hydrogens (primary N) is 2. The third-order valence-electron chi connectivity index (χ3n) is 0.525. The van der Waals surface area contributed by atoms with Crippen molar-refractivity contribution in [3.8, 4) is 0 Å². The molecular weight excluding hydrogens is 108 g/mol. The van der Waals surface area contributed by atoms with Crippen LogP contribution in [0.1, 0.15) is 0 Å². The Labute approximate surface area is 47.4 Å². The Balaban J connectivity index is 3.25. The van der Waals surface area contributed by atoms with Crippen molar-refractivity contribution in [1.29, 1.82) is 0 Å². The molecule has 0 unspecified atom stereocenters. The largest absolute Gasteiger partial charge is 0.341 e. The smallest absolute Gasteiger partial charge is 0.316 e. The Kier molecular flexibility index (Phi) is 2.90. The summed E-state index contributed by atoms with van der Waals surface area (Å²) >= 11 is 0. The first-order valence-electron chi connectivity index (χ1n) is 2.16. The van der Waals surface area contributed by atoms with Gasteiger partial charge in [0.15, 0.2) is 0 Å². The van der Waals surface area contributed by atoms with Crippen molar-refractivity contribution >= 4 is 6.03 Å². The number of carbonyl (C=O) groups excluding carboxylic acids is 1. The van der Waals surface area contributed by atoms with Crippen molar-refractivity contribution in [2.24, 2.45) is 11.5 Å². The predicted octanol–water partition coefficient (Wildman–Crippen LogP) is -1.88. The van der Waals surface area contributed by atoms with Gasteiger partial charge in [-0.05, 0) is 0 Å². The Hall–Kier alpha value is -0.810. The van der Waals surface area contributed by atoms with Crippen molar-refractivity contribution in [3.05, 3.63) is 0 Å². The molecule has 48 valence electrons. The Morgan fingerprint density at radius 1 is 1.62 bits per heavy atom. The van der Waals surface area contributed by atoms with Crippen LogP contribution in [0.2, 0.25) is 0 Å². The fourth-order valence-electron chi connectivity index (χ4n) is 0.224. The maximum Gasteiger partial charge on any atom is 0.316 e. The molecule has 0 rings (SSSR count). The van der Waals surface area contributed by atoms with E-state index in [4.69, 9.17) is 11.5 Å². The summed E-state index contributed by atoms with van der Waals surface area (Å²) < 4.78 is 0. The van der Waals surface area contributed by atoms with Crippen LogP contribution in [0.3, 0.4) is 0 Å². The van der Waals surface area contributed by atoms with E-state index in [9.17, 15) is 4.79 Å². The summed E-state index contributed by atoms with van der Waals surface area (Å²) in [5, 5.41) is 4.48. The molecule has 0 aliphatic carbocycles. The molecule has 0 spiro atoms. The van der Waals surface area contributed by atoms with Gasteiger partial charge in [0.2, 0.25) is 0 Å². The first-order valence-corrected chi connectivity index (χ1v) is 2.16. The van der Waals surface area contributed by atoms with Gasteiger partial charge in [0, 0.05) is 7.05 Å². The lowest BCUT2D eigenvalue weighted by atomic mass is 10.8. The molecule has 0 atom stereocenters. The summed E-state index contributed by atoms with van der Waals surface area (Å²) in [4.78, 5) is 10.2. The molecule has 0 bridgehead atoms. The van der Waals surface area contributed by atoms with Crippen LogP contribution in [0.5, 0.6) is 0 Å². The number of carbonyl (C=O) groups is 1. The van der Waals surface area contributed by atoms with Gasteiger partial charge < -0.3 is 10.6 Å². The fraction of sp³-hybridized carbons (Fsp3) is 0.667. The predicted molar refractivity (Wildman–Crippen MR) is 29.8 cm³/mol. The second-order valence-corrected chi connectivity index (χ2v) is 1.25. The number of amides is 2. The molecule has 0 saturated carbocycles. The fourth-order valence-corrected chi connectivity index (χ4v) is 0.224. The highest BCUT2D eigenvalue weighted by atomic mass is 16.2. The Morgan fingerprint density at radius 2 is 2.12 bits per heavy atom. The summed E-state index contributed by atoms with van der Waals surface area (Å²) in [5.41, 5.74) is 9.95. The molecule has 0 radical (unpaired) electrons. The molecular formula is C3H10N4O. The zero-order chi connectivity index (χ0) is 6.57. The minimum atomic E-state index is -0.782. The van der Waals surface area contributed by atoms with Gasteiger partial charge in [0.1, 0.15) is 6.29 Å². The van der Waals surface area contributed by atoms with Gasteiger partial charge in [-0.3, -0.25) is 11.5 Å². The summed E-state index contributed by atoms with van der Waals surface area (Å²) in [6, 6.07) is -0.375. The minimum Gasteiger partial charge on any atom is -0.341 e. The number of rotatable bonds is 1. The molecule has 0 saturated heterocycles. The molecule has 0 aliphatic rings. The van der Waals surface area contributed by atoms with E-state index in [2.05, 4.69) is 10.6 Å². The molecule has 5 heteroatoms. The monoisotopic (exact) mass is 118 g/mol. The molecule has 8 heavy (non-hydrogen) atoms. The summed E-state index contributed by atoms with van der Waals surface area (Å²) in [7, 11) is 1.48. The molecule has 0 aliphatic heterocycles. The highest BCUT2D eigenvalue weighted by molar-refractivity contribution is 5.73. The second kappa shape index (κ2) is 3.23. The van der Waals surface area contributed by atoms with E-state index in [0.717, 1.165) is 0 Å². The van der Waals surface area contributed by atoms with Crippen molar-refractivity contribution in [2.75, 3.05) is 7.05 Å². The quantitative estimate of drug-likeness (QED) is 0.303. The number of hydrogen-bond donors (Lipinski definition) is 4. The zero-order valence-corrected chi connectivity index (χ0v) is 4.64. The molecule has 0 fully saturated rings. The average Bonchev–Trinajstić information content (AvgIpc) is 1.65. The van der Waals surface area contributed by atoms with Gasteiger partial charge in [-0.2, -0.15) is 0 Å². The number of nitrogens with one attached hydrogen (secondary N) is 2. The van der Waals surface area contributed by atoms with Crippen molar-refractivity contribution in [1.82, 2.24) is 10.6 Å². The molecule has 5 nitrogen and oxygen atoms in total. The van der Waals surface area contributed by atoms with Crippen LogP contribution < -0.4 is 22.1 Å². The van der Waals surface area contributed by atoms with Gasteiger partial charge in [-0.25, -0.2) is 4.79 Å². The number of hydrogen-bond acceptors (Lipinski definition) is 3. The van der Waals surface area contributed by atoms with Gasteiger partial charge in [-0.1, -0.05) is 0 Å². The van der Waals surface area contributed by atoms with Gasteiger partial charge in [0.05, 0.1) is 0 Å². The highest BCUT2D eigenvalue weighted by Crippen LogP contribution is 1.57. The average molecular weight is 118 g/mol. The van der Waals surface area contributed by atoms with Crippen LogP contribution in [0, 0.1) is 0 Å². The van der Waals surface area contributed by atoms with Gasteiger partial charge in [-0.15, -0.1) is 0 Å². The van der Waals surface area contributed by atoms with Crippen molar-refractivity contribution in [3.63, 3.8) is 0 Å². The van der Waals surface area contributed by atoms with Gasteiger partial charge >= 0.3 is 6.03 Å². The van der Waals surface area contributed by atoms with Crippen LogP contribution in [0.15, 0.2) is 0 Å². The third-order valence-corrected chi connectivity index (χ3v) is 0.525. The minimum absolute atomic E-state index is 0.375. The summed E-state index contributed by atoms with van der Waals surface area (Å²) in [6.45, 7) is 0. The lowest BCUT2D eigenvalue weighted by Gasteiger charge is -2.05. The van der Waals surface area contributed by atoms with Crippen LogP contribution >= 0.6 is 0 Å². The van der Waals surface area contributed by atoms with E-state index in [1.165, 1.54) is 7.05 Å². The van der Waals surface area contributed by atoms with Crippen LogP contribution in [0.25, 0.3) is 0 Å². The first-order chi connectivity index (χ1) is 3.66. The lowest BCUT2D eigenvalue weighted by Crippen LogP contribution is -2.51. The van der Waals surface area contributed by atoms with Crippen LogP contribution in [-0.4, -0.2) is 19.4 Å². The van der Waals surface area contributed by atoms with Crippen LogP contribution in [0.4, 0.5) is 4.79 Å². The van der Waals surface area contributed by atoms with Crippen molar-refractivity contribution in [2.45, 2.75) is 6.29 Å². The SMILES string of the molecule is CNC(=O)NC(N)N. The van der Waals surface area contributed by atoms with Crippen LogP contribution in [-0.2, 0) is 0 Å². The van der Waals surface area contributed by atoms with E-state index >= 15 is 0 Å². The van der Waals surface area contributed by atoms with E-state index in [1.54, 1.807) is 0 Å². The normalized spacial score (nSPS) is 9.00. The summed E-state index contributed by atoms with van der Waals surface area (Å²) in [5.74, 6) is 0. The van der Waals surface area contributed by atoms with E-state index in [-0.39, 0.29) is 6.03 Å². The second-order valence-electron chi connectivity index (χ2n) is 1.25. The molecule has 0 aromatic rings. The third kappa shape index (κ3) is 3.38. The highest BCUT2D eigenvalue weighted by Gasteiger charge is 1.95. The summed E-state index contributed by atoms with van der Waals surface area (Å²) in [6.07, 6.45) is -0.782. The molecule has 0 aromatic heterocycles. The van der Waals surface area contributed by atoms with E-state index in [1.807, 2.05) is 0 Å². The maximum absolute atomic E-state index is 10.2. The van der Waals surface area contributed by atoms with Gasteiger partial charge in [0.25, 0.3) is 0 Å². The molecule has 6 N–H and O–H groups in total. The molecule has 0 aromatic carbocycles. The van der Waals surface area contributed by atoms with E-state index < -0.39 is 6.29 Å². The topological polar surface area (TPSA) is 93.2 Å². The molecule has 0 heterocycles. The Morgan fingerprint density at radius 3 is 2.25 bits per heavy atom. The van der Waals surface area contributed by atoms with Crippen molar-refractivity contribution < 1.29 is 4.79 Å². The van der Waals surface area contributed by atoms with E-state index in [0.29, 0.717) is 0 Å². The Bertz CT molecular complexity index is 81.4. The lowest BCUT2D eigenvalue weighted by molar-refractivity contribution is 0.239. The molecule has 2 amide bonds. The number of urea groups is 1. The first kappa shape index (κ1) is 7.19. The standard InChI is InChI=1S/C3H10N4O/c1-6-3(8)7-2(4)5/h2H,4-5H2,1H3,(H2,6,7,8). The zero-order valence-electron chi connectivity index (χ0n) is 4.64.